The molecule has 1 aromatic carbocycles. The van der Waals surface area contributed by atoms with E-state index in [1.807, 2.05) is 0 Å². The molecule has 0 unspecified atom stereocenters. The fourth-order valence-corrected chi connectivity index (χ4v) is 0.844. The number of carbonyl (C=O) groups is 2. The molecule has 0 saturated carbocycles. The van der Waals surface area contributed by atoms with E-state index in [4.69, 9.17) is 0 Å². The third kappa shape index (κ3) is 6.24. The van der Waals surface area contributed by atoms with Crippen molar-refractivity contribution in [1.82, 2.24) is 5.32 Å². The molecule has 76 valence electrons. The minimum absolute atomic E-state index is 0. The molecule has 0 fully saturated rings. The molecular weight excluding hydrogens is 209 g/mol. The molecule has 1 amide bonds. The van der Waals surface area contributed by atoms with Crippen molar-refractivity contribution in [3.8, 4) is 0 Å². The van der Waals surface area contributed by atoms with Crippen LogP contribution in [0.2, 0.25) is 0 Å². The number of carboxylic acid groups (broad SMARTS) is 1. The van der Waals surface area contributed by atoms with Crippen LogP contribution in [0.15, 0.2) is 30.3 Å². The van der Waals surface area contributed by atoms with Gasteiger partial charge in [-0.05, 0) is 12.1 Å². The van der Waals surface area contributed by atoms with Gasteiger partial charge in [-0.15, -0.1) is 0 Å². The molecular formula is C9H10NNaO4. The number of benzene rings is 1. The first-order valence-electron chi connectivity index (χ1n) is 3.73. The fourth-order valence-electron chi connectivity index (χ4n) is 0.844. The third-order valence-electron chi connectivity index (χ3n) is 1.43. The maximum absolute atomic E-state index is 11.1. The summed E-state index contributed by atoms with van der Waals surface area (Å²) in [7, 11) is 0. The first-order chi connectivity index (χ1) is 6.20. The molecule has 1 aromatic rings. The second-order valence-corrected chi connectivity index (χ2v) is 2.42. The van der Waals surface area contributed by atoms with E-state index >= 15 is 0 Å². The van der Waals surface area contributed by atoms with Crippen molar-refractivity contribution in [2.75, 3.05) is 6.54 Å². The summed E-state index contributed by atoms with van der Waals surface area (Å²) in [6.45, 7) is -0.465. The van der Waals surface area contributed by atoms with Gasteiger partial charge in [0.15, 0.2) is 0 Å². The average Bonchev–Trinajstić information content (AvgIpc) is 2.15. The van der Waals surface area contributed by atoms with E-state index < -0.39 is 18.4 Å². The van der Waals surface area contributed by atoms with Gasteiger partial charge in [-0.3, -0.25) is 4.79 Å². The van der Waals surface area contributed by atoms with Gasteiger partial charge < -0.3 is 20.7 Å². The number of aliphatic carboxylic acids is 1. The van der Waals surface area contributed by atoms with E-state index in [1.54, 1.807) is 30.3 Å². The molecule has 0 atom stereocenters. The van der Waals surface area contributed by atoms with E-state index in [2.05, 4.69) is 5.32 Å². The van der Waals surface area contributed by atoms with Gasteiger partial charge in [0.2, 0.25) is 0 Å². The maximum atomic E-state index is 11.1. The van der Waals surface area contributed by atoms with Crippen LogP contribution in [0, 0.1) is 0 Å². The zero-order valence-corrected chi connectivity index (χ0v) is 10.3. The molecule has 0 bridgehead atoms. The molecule has 0 aromatic heterocycles. The Balaban J connectivity index is 0. The van der Waals surface area contributed by atoms with Crippen LogP contribution in [0.3, 0.4) is 0 Å². The SMILES string of the molecule is O.O=C([O-])CNC(=O)c1ccccc1.[Na+]. The van der Waals surface area contributed by atoms with Gasteiger partial charge in [-0.2, -0.15) is 0 Å². The Labute approximate surface area is 109 Å². The number of hydrogen-bond donors (Lipinski definition) is 1. The zero-order chi connectivity index (χ0) is 9.68. The number of nitrogens with one attached hydrogen (secondary N) is 1. The monoisotopic (exact) mass is 219 g/mol. The van der Waals surface area contributed by atoms with Crippen molar-refractivity contribution in [2.45, 2.75) is 0 Å². The molecule has 0 aliphatic carbocycles. The summed E-state index contributed by atoms with van der Waals surface area (Å²) >= 11 is 0. The second-order valence-electron chi connectivity index (χ2n) is 2.42. The minimum atomic E-state index is -1.30. The topological polar surface area (TPSA) is 101 Å². The Kier molecular flexibility index (Phi) is 9.30. The molecule has 0 radical (unpaired) electrons. The van der Waals surface area contributed by atoms with Crippen molar-refractivity contribution in [3.05, 3.63) is 35.9 Å². The Morgan fingerprint density at radius 2 is 1.73 bits per heavy atom. The Hall–Kier alpha value is -0.880. The number of carboxylic acids is 1. The van der Waals surface area contributed by atoms with Gasteiger partial charge in [0.05, 0.1) is 12.5 Å². The van der Waals surface area contributed by atoms with Crippen LogP contribution in [0.4, 0.5) is 0 Å². The van der Waals surface area contributed by atoms with Crippen LogP contribution in [0.25, 0.3) is 0 Å². The van der Waals surface area contributed by atoms with Crippen LogP contribution in [-0.4, -0.2) is 23.9 Å². The summed E-state index contributed by atoms with van der Waals surface area (Å²) in [6.07, 6.45) is 0. The number of rotatable bonds is 3. The van der Waals surface area contributed by atoms with E-state index in [1.165, 1.54) is 0 Å². The first kappa shape index (κ1) is 16.5. The number of hydrogen-bond acceptors (Lipinski definition) is 3. The molecule has 0 aliphatic heterocycles. The normalized spacial score (nSPS) is 8.00. The number of carbonyl (C=O) groups excluding carboxylic acids is 2. The second kappa shape index (κ2) is 8.43. The van der Waals surface area contributed by atoms with Crippen LogP contribution in [-0.2, 0) is 4.79 Å². The summed E-state index contributed by atoms with van der Waals surface area (Å²) in [4.78, 5) is 21.2. The molecule has 0 aliphatic rings. The van der Waals surface area contributed by atoms with Crippen molar-refractivity contribution < 1.29 is 49.7 Å². The number of amides is 1. The third-order valence-corrected chi connectivity index (χ3v) is 1.43. The van der Waals surface area contributed by atoms with Gasteiger partial charge >= 0.3 is 29.6 Å². The predicted molar refractivity (Wildman–Crippen MR) is 47.4 cm³/mol. The van der Waals surface area contributed by atoms with E-state index in [0.717, 1.165) is 0 Å². The van der Waals surface area contributed by atoms with Gasteiger partial charge in [0.25, 0.3) is 5.91 Å². The van der Waals surface area contributed by atoms with E-state index in [0.29, 0.717) is 5.56 Å². The van der Waals surface area contributed by atoms with Gasteiger partial charge in [0.1, 0.15) is 0 Å². The maximum Gasteiger partial charge on any atom is 1.00 e. The van der Waals surface area contributed by atoms with Crippen LogP contribution in [0.5, 0.6) is 0 Å². The standard InChI is InChI=1S/C9H9NO3.Na.H2O/c11-8(12)6-10-9(13)7-4-2-1-3-5-7;;/h1-5H,6H2,(H,10,13)(H,11,12);;1H2/q;+1;/p-1. The largest absolute Gasteiger partial charge is 1.00 e. The van der Waals surface area contributed by atoms with E-state index in [-0.39, 0.29) is 35.0 Å². The molecule has 1 rings (SSSR count). The first-order valence-corrected chi connectivity index (χ1v) is 3.73. The summed E-state index contributed by atoms with van der Waals surface area (Å²) in [6, 6.07) is 8.38. The summed E-state index contributed by atoms with van der Waals surface area (Å²) < 4.78 is 0. The van der Waals surface area contributed by atoms with Gasteiger partial charge in [-0.25, -0.2) is 0 Å². The van der Waals surface area contributed by atoms with Gasteiger partial charge in [0, 0.05) is 5.56 Å². The Morgan fingerprint density at radius 3 is 2.20 bits per heavy atom. The van der Waals surface area contributed by atoms with Crippen LogP contribution in [0.1, 0.15) is 10.4 Å². The molecule has 15 heavy (non-hydrogen) atoms. The predicted octanol–water partition coefficient (Wildman–Crippen LogP) is -4.65. The average molecular weight is 219 g/mol. The van der Waals surface area contributed by atoms with Crippen molar-refractivity contribution in [2.24, 2.45) is 0 Å². The Bertz CT molecular complexity index is 315. The smallest absolute Gasteiger partial charge is 0.548 e. The van der Waals surface area contributed by atoms with Crippen molar-refractivity contribution in [1.29, 1.82) is 0 Å². The quantitative estimate of drug-likeness (QED) is 0.517. The van der Waals surface area contributed by atoms with Crippen molar-refractivity contribution in [3.63, 3.8) is 0 Å². The van der Waals surface area contributed by atoms with E-state index in [9.17, 15) is 14.7 Å². The molecule has 0 heterocycles. The van der Waals surface area contributed by atoms with Crippen molar-refractivity contribution >= 4 is 11.9 Å². The minimum Gasteiger partial charge on any atom is -0.548 e. The fraction of sp³-hybridized carbons (Fsp3) is 0.111. The molecule has 5 nitrogen and oxygen atoms in total. The zero-order valence-electron chi connectivity index (χ0n) is 8.32. The molecule has 3 N–H and O–H groups in total. The summed E-state index contributed by atoms with van der Waals surface area (Å²) in [5, 5.41) is 12.2. The van der Waals surface area contributed by atoms with Gasteiger partial charge in [-0.1, -0.05) is 18.2 Å². The molecule has 0 spiro atoms. The summed E-state index contributed by atoms with van der Waals surface area (Å²) in [5.41, 5.74) is 0.434. The Morgan fingerprint density at radius 1 is 1.20 bits per heavy atom. The molecule has 0 saturated heterocycles. The summed E-state index contributed by atoms with van der Waals surface area (Å²) in [5.74, 6) is -1.71. The van der Waals surface area contributed by atoms with Crippen LogP contribution < -0.4 is 40.0 Å². The molecule has 6 heteroatoms. The van der Waals surface area contributed by atoms with Crippen LogP contribution >= 0.6 is 0 Å².